The number of rotatable bonds is 4. The van der Waals surface area contributed by atoms with Gasteiger partial charge in [-0.15, -0.1) is 16.4 Å². The maximum atomic E-state index is 13.3. The number of benzene rings is 2. The van der Waals surface area contributed by atoms with Gasteiger partial charge in [0.2, 0.25) is 10.9 Å². The van der Waals surface area contributed by atoms with Crippen molar-refractivity contribution in [2.24, 2.45) is 0 Å². The van der Waals surface area contributed by atoms with Crippen molar-refractivity contribution < 1.29 is 14.0 Å². The number of amides is 2. The summed E-state index contributed by atoms with van der Waals surface area (Å²) >= 11 is 1.38. The third kappa shape index (κ3) is 3.60. The van der Waals surface area contributed by atoms with Crippen LogP contribution in [0.15, 0.2) is 53.9 Å². The molecule has 2 amide bonds. The third-order valence-electron chi connectivity index (χ3n) is 3.89. The van der Waals surface area contributed by atoms with Gasteiger partial charge in [0.1, 0.15) is 5.82 Å². The molecule has 9 heteroatoms. The number of thiazole rings is 1. The van der Waals surface area contributed by atoms with Gasteiger partial charge in [-0.05, 0) is 30.3 Å². The van der Waals surface area contributed by atoms with Gasteiger partial charge in [-0.1, -0.05) is 18.2 Å². The van der Waals surface area contributed by atoms with E-state index in [4.69, 9.17) is 0 Å². The second-order valence-corrected chi connectivity index (χ2v) is 6.81. The van der Waals surface area contributed by atoms with Gasteiger partial charge in [0.05, 0.1) is 5.69 Å². The first-order valence-corrected chi connectivity index (χ1v) is 9.17. The molecule has 0 saturated carbocycles. The molecule has 4 aromatic rings. The molecule has 0 radical (unpaired) electrons. The average molecular weight is 395 g/mol. The first kappa shape index (κ1) is 17.8. The predicted octanol–water partition coefficient (Wildman–Crippen LogP) is 3.81. The van der Waals surface area contributed by atoms with E-state index in [0.717, 1.165) is 17.3 Å². The Morgan fingerprint density at radius 3 is 2.61 bits per heavy atom. The molecule has 0 fully saturated rings. The summed E-state index contributed by atoms with van der Waals surface area (Å²) in [7, 11) is 0. The molecule has 0 aliphatic carbocycles. The maximum absolute atomic E-state index is 13.3. The molecule has 2 heterocycles. The van der Waals surface area contributed by atoms with Crippen LogP contribution in [0.3, 0.4) is 0 Å². The molecule has 0 atom stereocenters. The molecular weight excluding hydrogens is 381 g/mol. The molecule has 0 aliphatic heterocycles. The number of carbonyl (C=O) groups excluding carboxylic acids is 2. The number of hydrogen-bond donors (Lipinski definition) is 2. The van der Waals surface area contributed by atoms with Crippen LogP contribution < -0.4 is 10.6 Å². The van der Waals surface area contributed by atoms with Gasteiger partial charge in [-0.25, -0.2) is 8.91 Å². The van der Waals surface area contributed by atoms with Crippen LogP contribution in [0.2, 0.25) is 0 Å². The third-order valence-corrected chi connectivity index (χ3v) is 4.71. The smallest absolute Gasteiger partial charge is 0.258 e. The van der Waals surface area contributed by atoms with Crippen LogP contribution in [0.25, 0.3) is 16.2 Å². The lowest BCUT2D eigenvalue weighted by Gasteiger charge is -2.04. The number of halogens is 1. The highest BCUT2D eigenvalue weighted by Crippen LogP contribution is 2.27. The molecule has 140 valence electrons. The molecule has 0 unspecified atom stereocenters. The fraction of sp³-hybridized carbons (Fsp3) is 0.0526. The van der Waals surface area contributed by atoms with Crippen LogP contribution in [-0.4, -0.2) is 26.4 Å². The lowest BCUT2D eigenvalue weighted by molar-refractivity contribution is -0.114. The van der Waals surface area contributed by atoms with Crippen LogP contribution in [0.1, 0.15) is 17.3 Å². The zero-order chi connectivity index (χ0) is 19.7. The van der Waals surface area contributed by atoms with Gasteiger partial charge in [0, 0.05) is 29.1 Å². The van der Waals surface area contributed by atoms with E-state index >= 15 is 0 Å². The molecule has 28 heavy (non-hydrogen) atoms. The van der Waals surface area contributed by atoms with E-state index in [0.29, 0.717) is 10.6 Å². The van der Waals surface area contributed by atoms with E-state index in [9.17, 15) is 14.0 Å². The van der Waals surface area contributed by atoms with Crippen molar-refractivity contribution in [3.8, 4) is 11.3 Å². The van der Waals surface area contributed by atoms with Gasteiger partial charge in [0.25, 0.3) is 11.9 Å². The first-order chi connectivity index (χ1) is 13.5. The minimum Gasteiger partial charge on any atom is -0.326 e. The zero-order valence-electron chi connectivity index (χ0n) is 14.6. The van der Waals surface area contributed by atoms with E-state index in [1.807, 2.05) is 17.5 Å². The van der Waals surface area contributed by atoms with E-state index in [-0.39, 0.29) is 17.4 Å². The predicted molar refractivity (Wildman–Crippen MR) is 105 cm³/mol. The van der Waals surface area contributed by atoms with Gasteiger partial charge in [-0.3, -0.25) is 14.9 Å². The van der Waals surface area contributed by atoms with Gasteiger partial charge in [-0.2, -0.15) is 4.98 Å². The zero-order valence-corrected chi connectivity index (χ0v) is 15.5. The van der Waals surface area contributed by atoms with Gasteiger partial charge < -0.3 is 5.32 Å². The van der Waals surface area contributed by atoms with Crippen LogP contribution in [-0.2, 0) is 4.79 Å². The summed E-state index contributed by atoms with van der Waals surface area (Å²) in [4.78, 5) is 28.3. The highest BCUT2D eigenvalue weighted by molar-refractivity contribution is 7.15. The Morgan fingerprint density at radius 2 is 1.89 bits per heavy atom. The summed E-state index contributed by atoms with van der Waals surface area (Å²) in [5.74, 6) is -0.978. The van der Waals surface area contributed by atoms with E-state index in [1.165, 1.54) is 36.5 Å². The highest BCUT2D eigenvalue weighted by Gasteiger charge is 2.14. The molecule has 2 aromatic carbocycles. The lowest BCUT2D eigenvalue weighted by Crippen LogP contribution is -2.13. The summed E-state index contributed by atoms with van der Waals surface area (Å²) < 4.78 is 14.9. The number of nitrogens with zero attached hydrogens (tertiary/aromatic N) is 3. The molecule has 0 spiro atoms. The largest absolute Gasteiger partial charge is 0.326 e. The Morgan fingerprint density at radius 1 is 1.11 bits per heavy atom. The highest BCUT2D eigenvalue weighted by atomic mass is 32.1. The number of nitrogens with one attached hydrogen (secondary N) is 2. The van der Waals surface area contributed by atoms with Gasteiger partial charge >= 0.3 is 0 Å². The summed E-state index contributed by atoms with van der Waals surface area (Å²) in [6.07, 6.45) is 0. The SMILES string of the molecule is CC(=O)Nc1ccc(-c2csc3nc(NC(=O)c4cccc(F)c4)nn23)cc1. The quantitative estimate of drug-likeness (QED) is 0.550. The van der Waals surface area contributed by atoms with E-state index in [1.54, 1.807) is 16.6 Å². The van der Waals surface area contributed by atoms with Crippen molar-refractivity contribution in [3.05, 3.63) is 65.3 Å². The van der Waals surface area contributed by atoms with Gasteiger partial charge in [0.15, 0.2) is 0 Å². The molecule has 7 nitrogen and oxygen atoms in total. The minimum absolute atomic E-state index is 0.136. The molecule has 0 aliphatic rings. The minimum atomic E-state index is -0.489. The summed E-state index contributed by atoms with van der Waals surface area (Å²) in [6, 6.07) is 12.7. The Bertz CT molecular complexity index is 1180. The topological polar surface area (TPSA) is 88.4 Å². The van der Waals surface area contributed by atoms with Crippen molar-refractivity contribution >= 4 is 39.7 Å². The molecule has 0 bridgehead atoms. The molecule has 0 saturated heterocycles. The molecule has 2 N–H and O–H groups in total. The lowest BCUT2D eigenvalue weighted by atomic mass is 10.1. The standard InChI is InChI=1S/C19H14FN5O2S/c1-11(26)21-15-7-5-12(6-8-15)16-10-28-19-23-18(24-25(16)19)22-17(27)13-3-2-4-14(20)9-13/h2-10H,1H3,(H,21,26)(H,22,24,27). The van der Waals surface area contributed by atoms with Crippen molar-refractivity contribution in [3.63, 3.8) is 0 Å². The van der Waals surface area contributed by atoms with Crippen LogP contribution in [0.4, 0.5) is 16.0 Å². The summed E-state index contributed by atoms with van der Waals surface area (Å²) in [5, 5.41) is 11.5. The fourth-order valence-electron chi connectivity index (χ4n) is 2.66. The molecular formula is C19H14FN5O2S. The Balaban J connectivity index is 1.58. The average Bonchev–Trinajstić information content (AvgIpc) is 3.22. The van der Waals surface area contributed by atoms with Crippen LogP contribution >= 0.6 is 11.3 Å². The van der Waals surface area contributed by atoms with E-state index in [2.05, 4.69) is 20.7 Å². The normalized spacial score (nSPS) is 10.8. The second kappa shape index (κ2) is 7.20. The summed E-state index contributed by atoms with van der Waals surface area (Å²) in [6.45, 7) is 1.45. The van der Waals surface area contributed by atoms with Crippen molar-refractivity contribution in [2.75, 3.05) is 10.6 Å². The summed E-state index contributed by atoms with van der Waals surface area (Å²) in [5.41, 5.74) is 2.57. The number of hydrogen-bond acceptors (Lipinski definition) is 5. The van der Waals surface area contributed by atoms with Crippen LogP contribution in [0, 0.1) is 5.82 Å². The molecule has 4 rings (SSSR count). The number of aromatic nitrogens is 3. The first-order valence-electron chi connectivity index (χ1n) is 8.29. The number of fused-ring (bicyclic) bond motifs is 1. The molecule has 2 aromatic heterocycles. The fourth-order valence-corrected chi connectivity index (χ4v) is 3.49. The monoisotopic (exact) mass is 395 g/mol. The number of carbonyl (C=O) groups is 2. The van der Waals surface area contributed by atoms with Crippen molar-refractivity contribution in [1.29, 1.82) is 0 Å². The van der Waals surface area contributed by atoms with Crippen molar-refractivity contribution in [1.82, 2.24) is 14.6 Å². The number of anilines is 2. The van der Waals surface area contributed by atoms with E-state index < -0.39 is 11.7 Å². The van der Waals surface area contributed by atoms with Crippen molar-refractivity contribution in [2.45, 2.75) is 6.92 Å². The van der Waals surface area contributed by atoms with Crippen LogP contribution in [0.5, 0.6) is 0 Å². The Hall–Kier alpha value is -3.59. The second-order valence-electron chi connectivity index (χ2n) is 5.97. The Kier molecular flexibility index (Phi) is 4.58. The maximum Gasteiger partial charge on any atom is 0.258 e. The Labute approximate surface area is 162 Å².